The first-order valence-electron chi connectivity index (χ1n) is 7.77. The first-order chi connectivity index (χ1) is 12.3. The van der Waals surface area contributed by atoms with E-state index >= 15 is 0 Å². The molecule has 0 aliphatic heterocycles. The number of carbonyl (C=O) groups excluding carboxylic acids is 2. The molecule has 0 bridgehead atoms. The standard InChI is InChI=1S/C16H21NO6S3/c1-4-22-14(18)10-24-16(25-11-15(19)23-5-2)17-26(20,21)13-8-6-12(3)7-9-13/h6-9H,4-5,10-11H2,1-3H3. The molecule has 0 amide bonds. The predicted molar refractivity (Wildman–Crippen MR) is 104 cm³/mol. The second-order valence-electron chi connectivity index (χ2n) is 4.83. The van der Waals surface area contributed by atoms with Crippen LogP contribution in [0.15, 0.2) is 33.6 Å². The fourth-order valence-electron chi connectivity index (χ4n) is 1.60. The number of carbonyl (C=O) groups is 2. The van der Waals surface area contributed by atoms with E-state index in [-0.39, 0.29) is 34.0 Å². The van der Waals surface area contributed by atoms with Crippen molar-refractivity contribution in [2.24, 2.45) is 4.40 Å². The summed E-state index contributed by atoms with van der Waals surface area (Å²) in [6.45, 7) is 5.65. The fourth-order valence-corrected chi connectivity index (χ4v) is 4.73. The average molecular weight is 420 g/mol. The minimum absolute atomic E-state index is 0.0362. The van der Waals surface area contributed by atoms with Crippen molar-refractivity contribution in [3.05, 3.63) is 29.8 Å². The number of ether oxygens (including phenoxy) is 2. The molecule has 0 heterocycles. The summed E-state index contributed by atoms with van der Waals surface area (Å²) in [6.07, 6.45) is 0. The van der Waals surface area contributed by atoms with Crippen LogP contribution in [0, 0.1) is 6.92 Å². The largest absolute Gasteiger partial charge is 0.465 e. The summed E-state index contributed by atoms with van der Waals surface area (Å²) in [5, 5.41) is 0. The number of thioether (sulfide) groups is 2. The minimum Gasteiger partial charge on any atom is -0.465 e. The molecular formula is C16H21NO6S3. The van der Waals surface area contributed by atoms with E-state index in [1.165, 1.54) is 12.1 Å². The molecule has 144 valence electrons. The number of sulfonamides is 1. The number of rotatable bonds is 8. The van der Waals surface area contributed by atoms with Crippen molar-refractivity contribution in [2.75, 3.05) is 24.7 Å². The van der Waals surface area contributed by atoms with Crippen molar-refractivity contribution in [1.82, 2.24) is 0 Å². The molecule has 0 aromatic heterocycles. The molecule has 0 aliphatic carbocycles. The summed E-state index contributed by atoms with van der Waals surface area (Å²) >= 11 is 1.81. The molecule has 1 aromatic rings. The zero-order chi connectivity index (χ0) is 19.6. The van der Waals surface area contributed by atoms with Crippen molar-refractivity contribution >= 4 is 49.9 Å². The Labute approximate surface area is 162 Å². The van der Waals surface area contributed by atoms with E-state index in [4.69, 9.17) is 9.47 Å². The van der Waals surface area contributed by atoms with Crippen LogP contribution in [0.2, 0.25) is 0 Å². The van der Waals surface area contributed by atoms with Crippen LogP contribution < -0.4 is 0 Å². The highest BCUT2D eigenvalue weighted by Crippen LogP contribution is 2.22. The van der Waals surface area contributed by atoms with Gasteiger partial charge in [-0.15, -0.1) is 4.40 Å². The van der Waals surface area contributed by atoms with Crippen molar-refractivity contribution in [2.45, 2.75) is 25.7 Å². The van der Waals surface area contributed by atoms with Gasteiger partial charge in [-0.2, -0.15) is 8.42 Å². The van der Waals surface area contributed by atoms with Crippen LogP contribution in [0.4, 0.5) is 0 Å². The Kier molecular flexibility index (Phi) is 9.74. The lowest BCUT2D eigenvalue weighted by Crippen LogP contribution is -2.11. The van der Waals surface area contributed by atoms with Crippen LogP contribution in [-0.4, -0.2) is 49.5 Å². The molecule has 1 rings (SSSR count). The molecule has 0 N–H and O–H groups in total. The molecule has 10 heteroatoms. The highest BCUT2D eigenvalue weighted by Gasteiger charge is 2.17. The lowest BCUT2D eigenvalue weighted by atomic mass is 10.2. The minimum atomic E-state index is -3.95. The van der Waals surface area contributed by atoms with E-state index in [1.807, 2.05) is 6.92 Å². The Bertz CT molecular complexity index is 720. The number of benzene rings is 1. The zero-order valence-corrected chi connectivity index (χ0v) is 17.2. The molecule has 0 atom stereocenters. The van der Waals surface area contributed by atoms with Gasteiger partial charge in [-0.25, -0.2) is 0 Å². The van der Waals surface area contributed by atoms with Crippen LogP contribution in [-0.2, 0) is 29.1 Å². The van der Waals surface area contributed by atoms with Crippen molar-refractivity contribution < 1.29 is 27.5 Å². The second-order valence-corrected chi connectivity index (χ2v) is 8.62. The van der Waals surface area contributed by atoms with Gasteiger partial charge in [0.25, 0.3) is 10.0 Å². The van der Waals surface area contributed by atoms with Gasteiger partial charge in [-0.3, -0.25) is 9.59 Å². The highest BCUT2D eigenvalue weighted by molar-refractivity contribution is 8.39. The lowest BCUT2D eigenvalue weighted by Gasteiger charge is -2.07. The summed E-state index contributed by atoms with van der Waals surface area (Å²) in [6, 6.07) is 6.24. The van der Waals surface area contributed by atoms with Gasteiger partial charge >= 0.3 is 11.9 Å². The Morgan fingerprint density at radius 3 is 1.85 bits per heavy atom. The SMILES string of the molecule is CCOC(=O)CSC(=NS(=O)(=O)c1ccc(C)cc1)SCC(=O)OCC. The van der Waals surface area contributed by atoms with Gasteiger partial charge in [0.15, 0.2) is 0 Å². The normalized spacial score (nSPS) is 10.9. The van der Waals surface area contributed by atoms with E-state index in [1.54, 1.807) is 26.0 Å². The number of nitrogens with zero attached hydrogens (tertiary/aromatic N) is 1. The van der Waals surface area contributed by atoms with Gasteiger partial charge in [-0.1, -0.05) is 41.2 Å². The average Bonchev–Trinajstić information content (AvgIpc) is 2.58. The second kappa shape index (κ2) is 11.2. The maximum Gasteiger partial charge on any atom is 0.316 e. The van der Waals surface area contributed by atoms with E-state index < -0.39 is 22.0 Å². The van der Waals surface area contributed by atoms with Gasteiger partial charge in [0.2, 0.25) is 0 Å². The third kappa shape index (κ3) is 8.24. The summed E-state index contributed by atoms with van der Waals surface area (Å²) in [5.74, 6) is -1.19. The Morgan fingerprint density at radius 1 is 0.962 bits per heavy atom. The first-order valence-corrected chi connectivity index (χ1v) is 11.2. The van der Waals surface area contributed by atoms with E-state index in [0.717, 1.165) is 29.1 Å². The van der Waals surface area contributed by atoms with Crippen LogP contribution in [0.1, 0.15) is 19.4 Å². The van der Waals surface area contributed by atoms with Crippen molar-refractivity contribution in [3.63, 3.8) is 0 Å². The Morgan fingerprint density at radius 2 is 1.42 bits per heavy atom. The molecule has 26 heavy (non-hydrogen) atoms. The van der Waals surface area contributed by atoms with Crippen LogP contribution >= 0.6 is 23.5 Å². The molecule has 0 saturated heterocycles. The molecule has 0 unspecified atom stereocenters. The summed E-state index contributed by atoms with van der Waals surface area (Å²) in [5.41, 5.74) is 0.918. The van der Waals surface area contributed by atoms with E-state index in [9.17, 15) is 18.0 Å². The smallest absolute Gasteiger partial charge is 0.316 e. The van der Waals surface area contributed by atoms with E-state index in [2.05, 4.69) is 4.40 Å². The molecule has 0 saturated carbocycles. The Hall–Kier alpha value is -1.52. The topological polar surface area (TPSA) is 99.1 Å². The van der Waals surface area contributed by atoms with Crippen LogP contribution in [0.3, 0.4) is 0 Å². The summed E-state index contributed by atoms with van der Waals surface area (Å²) in [4.78, 5) is 23.1. The number of hydrogen-bond acceptors (Lipinski definition) is 8. The maximum atomic E-state index is 12.4. The predicted octanol–water partition coefficient (Wildman–Crippen LogP) is 2.63. The van der Waals surface area contributed by atoms with Crippen LogP contribution in [0.25, 0.3) is 0 Å². The van der Waals surface area contributed by atoms with E-state index in [0.29, 0.717) is 0 Å². The van der Waals surface area contributed by atoms with Crippen molar-refractivity contribution in [3.8, 4) is 0 Å². The van der Waals surface area contributed by atoms with Crippen molar-refractivity contribution in [1.29, 1.82) is 0 Å². The fraction of sp³-hybridized carbons (Fsp3) is 0.438. The van der Waals surface area contributed by atoms with Gasteiger partial charge in [0, 0.05) is 0 Å². The molecule has 1 aromatic carbocycles. The molecule has 0 radical (unpaired) electrons. The Balaban J connectivity index is 2.96. The molecule has 0 spiro atoms. The number of hydrogen-bond donors (Lipinski definition) is 0. The van der Waals surface area contributed by atoms with Gasteiger partial charge in [0.1, 0.15) is 4.38 Å². The third-order valence-corrected chi connectivity index (χ3v) is 6.42. The third-order valence-electron chi connectivity index (χ3n) is 2.75. The quantitative estimate of drug-likeness (QED) is 0.360. The summed E-state index contributed by atoms with van der Waals surface area (Å²) < 4.78 is 38.4. The molecular weight excluding hydrogens is 398 g/mol. The van der Waals surface area contributed by atoms with Crippen LogP contribution in [0.5, 0.6) is 0 Å². The summed E-state index contributed by atoms with van der Waals surface area (Å²) in [7, 11) is -3.95. The lowest BCUT2D eigenvalue weighted by molar-refractivity contribution is -0.140. The van der Waals surface area contributed by atoms with Gasteiger partial charge in [-0.05, 0) is 32.9 Å². The van der Waals surface area contributed by atoms with Gasteiger partial charge < -0.3 is 9.47 Å². The number of aryl methyl sites for hydroxylation is 1. The molecule has 0 fully saturated rings. The highest BCUT2D eigenvalue weighted by atomic mass is 32.2. The zero-order valence-electron chi connectivity index (χ0n) is 14.8. The number of esters is 2. The maximum absolute atomic E-state index is 12.4. The molecule has 0 aliphatic rings. The molecule has 7 nitrogen and oxygen atoms in total. The first kappa shape index (κ1) is 22.5. The van der Waals surface area contributed by atoms with Gasteiger partial charge in [0.05, 0.1) is 29.6 Å². The monoisotopic (exact) mass is 419 g/mol.